The summed E-state index contributed by atoms with van der Waals surface area (Å²) >= 11 is 0. The van der Waals surface area contributed by atoms with E-state index in [2.05, 4.69) is 43.7 Å². The molecule has 0 spiro atoms. The van der Waals surface area contributed by atoms with Gasteiger partial charge in [-0.1, -0.05) is 117 Å². The van der Waals surface area contributed by atoms with Gasteiger partial charge >= 0.3 is 29.8 Å². The van der Waals surface area contributed by atoms with Gasteiger partial charge in [-0.05, 0) is 47.2 Å². The van der Waals surface area contributed by atoms with E-state index >= 15 is 0 Å². The number of nitrogens with zero attached hydrogens (tertiary/aromatic N) is 1. The van der Waals surface area contributed by atoms with Gasteiger partial charge in [0.1, 0.15) is 48.3 Å². The van der Waals surface area contributed by atoms with Crippen molar-refractivity contribution in [1.29, 1.82) is 0 Å². The van der Waals surface area contributed by atoms with E-state index in [-0.39, 0.29) is 19.4 Å². The molecule has 0 radical (unpaired) electrons. The van der Waals surface area contributed by atoms with Gasteiger partial charge in [0.2, 0.25) is 76.8 Å². The Morgan fingerprint density at radius 2 is 0.771 bits per heavy atom. The SMILES string of the molecule is CC(C)[C@H](NC(=O)[C@H](Cc1ccccc1)NC(=O)[C@H](Cc1ccccc1)NC(=O)[C@H](CC(=O)O)NC(=O)[C@H](CC(=O)O)NC(=O)[C@H](CC(=O)O)NC(=O)CNC(=O)CNC(=O)CNC(=O)[C@H](CC(=O)O)NC(=O)[C@H](CCC(=O)O)NC(=O)CCC(=O)N1Cc2ccccc2C#Cc2ccccc21)C(N)=O. The van der Waals surface area contributed by atoms with Crippen LogP contribution in [0.5, 0.6) is 0 Å². The molecule has 0 aliphatic carbocycles. The zero-order chi connectivity index (χ0) is 77.4. The number of anilines is 1. The van der Waals surface area contributed by atoms with Gasteiger partial charge in [-0.15, -0.1) is 0 Å². The minimum absolute atomic E-state index is 0.0944. The van der Waals surface area contributed by atoms with Gasteiger partial charge in [-0.25, -0.2) is 0 Å². The molecule has 0 saturated carbocycles. The number of nitrogens with two attached hydrogens (primary N) is 1. The first-order valence-electron chi connectivity index (χ1n) is 32.4. The van der Waals surface area contributed by atoms with E-state index in [1.807, 2.05) is 26.6 Å². The fourth-order valence-corrected chi connectivity index (χ4v) is 10.2. The number of carboxylic acid groups (broad SMARTS) is 5. The summed E-state index contributed by atoms with van der Waals surface area (Å²) in [5.74, 6) is -17.4. The van der Waals surface area contributed by atoms with E-state index in [0.29, 0.717) is 27.9 Å². The number of fused-ring (bicyclic) bond motifs is 2. The molecule has 0 bridgehead atoms. The number of amides is 13. The lowest BCUT2D eigenvalue weighted by molar-refractivity contribution is -0.144. The molecule has 558 valence electrons. The summed E-state index contributed by atoms with van der Waals surface area (Å²) in [4.78, 5) is 235. The highest BCUT2D eigenvalue weighted by Crippen LogP contribution is 2.26. The number of carboxylic acids is 5. The van der Waals surface area contributed by atoms with Crippen LogP contribution in [-0.4, -0.2) is 200 Å². The lowest BCUT2D eigenvalue weighted by Gasteiger charge is -2.27. The Kier molecular flexibility index (Phi) is 32.2. The fraction of sp³-hybridized carbons (Fsp3) is 0.362. The zero-order valence-corrected chi connectivity index (χ0v) is 56.6. The largest absolute Gasteiger partial charge is 0.481 e. The highest BCUT2D eigenvalue weighted by Gasteiger charge is 2.37. The molecule has 13 amide bonds. The maximum Gasteiger partial charge on any atom is 0.305 e. The molecule has 0 aromatic heterocycles. The maximum atomic E-state index is 14.3. The average molecular weight is 1460 g/mol. The zero-order valence-electron chi connectivity index (χ0n) is 56.6. The number of aliphatic carboxylic acids is 5. The molecule has 1 aliphatic heterocycles. The van der Waals surface area contributed by atoms with E-state index in [4.69, 9.17) is 5.73 Å². The molecule has 8 atom stereocenters. The molecule has 4 aromatic carbocycles. The van der Waals surface area contributed by atoms with Crippen LogP contribution in [0.3, 0.4) is 0 Å². The molecular formula is C69H79N13O23. The van der Waals surface area contributed by atoms with Crippen molar-refractivity contribution in [2.75, 3.05) is 24.5 Å². The minimum atomic E-state index is -2.26. The number of hydrogen-bond donors (Lipinski definition) is 17. The van der Waals surface area contributed by atoms with E-state index in [0.717, 1.165) is 5.56 Å². The Balaban J connectivity index is 1.16. The lowest BCUT2D eigenvalue weighted by atomic mass is 10.00. The first kappa shape index (κ1) is 82.6. The Morgan fingerprint density at radius 3 is 1.25 bits per heavy atom. The molecule has 1 aliphatic rings. The van der Waals surface area contributed by atoms with Crippen molar-refractivity contribution >= 4 is 112 Å². The first-order chi connectivity index (χ1) is 49.8. The second-order valence-electron chi connectivity index (χ2n) is 24.1. The molecule has 0 saturated heterocycles. The molecule has 18 N–H and O–H groups in total. The number of hydrogen-bond acceptors (Lipinski definition) is 18. The third-order valence-electron chi connectivity index (χ3n) is 15.5. The molecule has 105 heavy (non-hydrogen) atoms. The van der Waals surface area contributed by atoms with Crippen molar-refractivity contribution in [3.05, 3.63) is 137 Å². The van der Waals surface area contributed by atoms with Crippen LogP contribution in [0.2, 0.25) is 0 Å². The number of benzene rings is 4. The summed E-state index contributed by atoms with van der Waals surface area (Å²) in [5.41, 5.74) is 8.91. The van der Waals surface area contributed by atoms with Gasteiger partial charge in [0.15, 0.2) is 0 Å². The predicted octanol–water partition coefficient (Wildman–Crippen LogP) is -3.67. The quantitative estimate of drug-likeness (QED) is 0.0190. The Morgan fingerprint density at radius 1 is 0.390 bits per heavy atom. The first-order valence-corrected chi connectivity index (χ1v) is 32.4. The number of para-hydroxylation sites is 1. The standard InChI is InChI=1S/C69H79N13O23/c1-37(2)61(62(70)98)81-69(105)45(28-39-15-7-4-8-16-39)77-65(101)44(27-38-13-5-3-6-14-38)76-67(103)48(31-59(94)95)80-68(104)49(32-60(96)97)79-66(102)47(30-58(92)93)75-54(86)35-72-52(84)33-71-53(85)34-73-63(99)46(29-57(90)91)78-64(100)43(23-26-56(88)89)74-51(83)24-25-55(87)82-36-42-19-10-9-17-40(42)21-22-41-18-11-12-20-50(41)82/h3-20,37,43-49,61H,23-36H2,1-2H3,(H2,70,98)(H,71,85)(H,72,84)(H,73,99)(H,74,83)(H,75,86)(H,76,103)(H,77,101)(H,78,100)(H,79,102)(H,80,104)(H,81,105)(H,88,89)(H,90,91)(H,92,93)(H,94,95)(H,96,97)/t43-,44-,45-,46-,47-,48-,49-,61-/m0/s1. The molecule has 4 aromatic rings. The highest BCUT2D eigenvalue weighted by atomic mass is 16.4. The van der Waals surface area contributed by atoms with Crippen molar-refractivity contribution in [3.63, 3.8) is 0 Å². The number of carbonyl (C=O) groups is 18. The molecule has 0 fully saturated rings. The van der Waals surface area contributed by atoms with Crippen molar-refractivity contribution in [3.8, 4) is 11.8 Å². The third-order valence-corrected chi connectivity index (χ3v) is 15.5. The van der Waals surface area contributed by atoms with E-state index in [1.165, 1.54) is 4.90 Å². The van der Waals surface area contributed by atoms with Crippen molar-refractivity contribution in [1.82, 2.24) is 58.5 Å². The molecular weight excluding hydrogens is 1380 g/mol. The number of nitrogens with one attached hydrogen (secondary N) is 11. The van der Waals surface area contributed by atoms with E-state index < -0.39 is 232 Å². The normalized spacial score (nSPS) is 13.4. The topological polar surface area (TPSA) is 570 Å². The second-order valence-corrected chi connectivity index (χ2v) is 24.1. The Bertz CT molecular complexity index is 3990. The summed E-state index contributed by atoms with van der Waals surface area (Å²) in [7, 11) is 0. The highest BCUT2D eigenvalue weighted by molar-refractivity contribution is 6.02. The molecule has 36 heteroatoms. The van der Waals surface area contributed by atoms with Gasteiger partial charge in [-0.3, -0.25) is 86.3 Å². The summed E-state index contributed by atoms with van der Waals surface area (Å²) in [6.45, 7) is 0.328. The van der Waals surface area contributed by atoms with Crippen LogP contribution in [0.1, 0.15) is 93.0 Å². The van der Waals surface area contributed by atoms with Gasteiger partial charge in [-0.2, -0.15) is 0 Å². The van der Waals surface area contributed by atoms with Gasteiger partial charge in [0, 0.05) is 43.2 Å². The Hall–Kier alpha value is -13.1. The van der Waals surface area contributed by atoms with E-state index in [9.17, 15) is 112 Å². The number of rotatable bonds is 41. The van der Waals surface area contributed by atoms with Crippen molar-refractivity contribution < 1.29 is 112 Å². The van der Waals surface area contributed by atoms with Crippen molar-refractivity contribution in [2.45, 2.75) is 133 Å². The Labute approximate surface area is 598 Å². The van der Waals surface area contributed by atoms with Gasteiger partial charge in [0.25, 0.3) is 0 Å². The average Bonchev–Trinajstić information content (AvgIpc) is 0.803. The maximum absolute atomic E-state index is 14.3. The summed E-state index contributed by atoms with van der Waals surface area (Å²) in [5, 5.41) is 72.2. The molecule has 36 nitrogen and oxygen atoms in total. The predicted molar refractivity (Wildman–Crippen MR) is 364 cm³/mol. The second kappa shape index (κ2) is 41.0. The van der Waals surface area contributed by atoms with Crippen molar-refractivity contribution in [2.24, 2.45) is 11.7 Å². The van der Waals surface area contributed by atoms with Crippen LogP contribution in [0.4, 0.5) is 5.69 Å². The summed E-state index contributed by atoms with van der Waals surface area (Å²) in [6.07, 6.45) is -7.59. The van der Waals surface area contributed by atoms with E-state index in [1.54, 1.807) is 123 Å². The van der Waals surface area contributed by atoms with Crippen LogP contribution in [-0.2, 0) is 106 Å². The van der Waals surface area contributed by atoms with Crippen LogP contribution < -0.4 is 69.1 Å². The number of primary amides is 1. The smallest absolute Gasteiger partial charge is 0.305 e. The third kappa shape index (κ3) is 28.5. The van der Waals surface area contributed by atoms with Gasteiger partial charge < -0.3 is 94.7 Å². The monoisotopic (exact) mass is 1460 g/mol. The van der Waals surface area contributed by atoms with Gasteiger partial charge in [0.05, 0.1) is 57.5 Å². The van der Waals surface area contributed by atoms with Crippen LogP contribution in [0, 0.1) is 17.8 Å². The summed E-state index contributed by atoms with van der Waals surface area (Å²) < 4.78 is 0. The minimum Gasteiger partial charge on any atom is -0.481 e. The number of carbonyl (C=O) groups excluding carboxylic acids is 13. The molecule has 1 heterocycles. The summed E-state index contributed by atoms with van der Waals surface area (Å²) in [6, 6.07) is 15.7. The fourth-order valence-electron chi connectivity index (χ4n) is 10.2. The molecule has 5 rings (SSSR count). The lowest BCUT2D eigenvalue weighted by Crippen LogP contribution is -2.61. The van der Waals surface area contributed by atoms with Crippen LogP contribution in [0.15, 0.2) is 109 Å². The molecule has 0 unspecified atom stereocenters. The van der Waals surface area contributed by atoms with Crippen LogP contribution in [0.25, 0.3) is 0 Å². The van der Waals surface area contributed by atoms with Crippen LogP contribution >= 0.6 is 0 Å².